The molecular weight excluding hydrogens is 285 g/mol. The lowest BCUT2D eigenvalue weighted by Crippen LogP contribution is -1.91. The first-order chi connectivity index (χ1) is 9.22. The van der Waals surface area contributed by atoms with Crippen molar-refractivity contribution in [3.8, 4) is 11.5 Å². The van der Waals surface area contributed by atoms with Crippen molar-refractivity contribution in [2.45, 2.75) is 0 Å². The van der Waals surface area contributed by atoms with E-state index in [2.05, 4.69) is 15.2 Å². The van der Waals surface area contributed by atoms with Gasteiger partial charge in [0.05, 0.1) is 11.7 Å². The monoisotopic (exact) mass is 291 g/mol. The molecule has 0 unspecified atom stereocenters. The van der Waals surface area contributed by atoms with Crippen LogP contribution in [0.5, 0.6) is 11.5 Å². The third kappa shape index (κ3) is 2.59. The summed E-state index contributed by atoms with van der Waals surface area (Å²) in [5, 5.41) is 8.64. The molecule has 0 aliphatic rings. The Morgan fingerprint density at radius 1 is 1.00 bits per heavy atom. The summed E-state index contributed by atoms with van der Waals surface area (Å²) in [6, 6.07) is 11.1. The van der Waals surface area contributed by atoms with Gasteiger partial charge in [0.15, 0.2) is 16.1 Å². The van der Waals surface area contributed by atoms with Gasteiger partial charge in [0.1, 0.15) is 5.75 Å². The molecule has 1 aromatic carbocycles. The van der Waals surface area contributed by atoms with Crippen LogP contribution in [0.3, 0.4) is 0 Å². The molecule has 0 radical (unpaired) electrons. The van der Waals surface area contributed by atoms with E-state index in [4.69, 9.17) is 27.9 Å². The summed E-state index contributed by atoms with van der Waals surface area (Å²) in [5.41, 5.74) is 0.895. The minimum Gasteiger partial charge on any atom is -0.452 e. The van der Waals surface area contributed by atoms with Gasteiger partial charge in [-0.25, -0.2) is 0 Å². The second-order valence-corrected chi connectivity index (χ2v) is 4.53. The van der Waals surface area contributed by atoms with Gasteiger partial charge in [-0.3, -0.25) is 4.98 Å². The van der Waals surface area contributed by atoms with Crippen molar-refractivity contribution >= 4 is 34.1 Å². The van der Waals surface area contributed by atoms with Crippen molar-refractivity contribution in [2.75, 3.05) is 0 Å². The van der Waals surface area contributed by atoms with Crippen LogP contribution < -0.4 is 4.74 Å². The number of nitrogens with zero attached hydrogens (tertiary/aromatic N) is 3. The van der Waals surface area contributed by atoms with E-state index in [1.54, 1.807) is 6.20 Å². The van der Waals surface area contributed by atoms with E-state index in [9.17, 15) is 0 Å². The van der Waals surface area contributed by atoms with Crippen molar-refractivity contribution in [3.05, 3.63) is 52.9 Å². The molecule has 0 amide bonds. The van der Waals surface area contributed by atoms with Crippen LogP contribution >= 0.6 is 23.2 Å². The molecule has 0 saturated heterocycles. The number of pyridine rings is 1. The van der Waals surface area contributed by atoms with Crippen LogP contribution in [0, 0.1) is 0 Å². The first-order valence-electron chi connectivity index (χ1n) is 5.44. The predicted molar refractivity (Wildman–Crippen MR) is 73.9 cm³/mol. The molecule has 0 aliphatic carbocycles. The Morgan fingerprint density at radius 2 is 1.84 bits per heavy atom. The highest BCUT2D eigenvalue weighted by atomic mass is 35.5. The molecule has 0 aliphatic heterocycles. The summed E-state index contributed by atoms with van der Waals surface area (Å²) in [5.74, 6) is 0.906. The molecule has 94 valence electrons. The fourth-order valence-electron chi connectivity index (χ4n) is 1.64. The molecule has 0 N–H and O–H groups in total. The first kappa shape index (κ1) is 12.1. The molecule has 19 heavy (non-hydrogen) atoms. The Bertz CT molecular complexity index is 749. The van der Waals surface area contributed by atoms with E-state index < -0.39 is 0 Å². The van der Waals surface area contributed by atoms with Gasteiger partial charge in [-0.2, -0.15) is 0 Å². The Balaban J connectivity index is 1.98. The molecule has 3 rings (SSSR count). The van der Waals surface area contributed by atoms with Crippen molar-refractivity contribution in [3.63, 3.8) is 0 Å². The van der Waals surface area contributed by atoms with Crippen molar-refractivity contribution < 1.29 is 4.74 Å². The van der Waals surface area contributed by atoms with Crippen LogP contribution in [-0.4, -0.2) is 15.2 Å². The minimum absolute atomic E-state index is 0.151. The van der Waals surface area contributed by atoms with E-state index in [0.29, 0.717) is 11.5 Å². The van der Waals surface area contributed by atoms with E-state index >= 15 is 0 Å². The van der Waals surface area contributed by atoms with E-state index in [1.807, 2.05) is 30.3 Å². The fraction of sp³-hybridized carbons (Fsp3) is 0. The molecule has 3 aromatic rings. The standard InChI is InChI=1S/C13H7Cl2N3O/c14-12-6-11(13(15)18-17-12)19-9-5-8-3-1-2-4-10(8)16-7-9/h1-7H. The molecule has 0 fully saturated rings. The maximum atomic E-state index is 5.89. The number of rotatable bonds is 2. The zero-order valence-corrected chi connectivity index (χ0v) is 11.1. The number of aromatic nitrogens is 3. The molecule has 0 spiro atoms. The van der Waals surface area contributed by atoms with E-state index in [1.165, 1.54) is 6.07 Å². The normalized spacial score (nSPS) is 10.6. The van der Waals surface area contributed by atoms with Crippen LogP contribution in [-0.2, 0) is 0 Å². The van der Waals surface area contributed by atoms with Crippen LogP contribution in [0.2, 0.25) is 10.3 Å². The second-order valence-electron chi connectivity index (χ2n) is 3.79. The van der Waals surface area contributed by atoms with Gasteiger partial charge in [-0.15, -0.1) is 10.2 Å². The highest BCUT2D eigenvalue weighted by Gasteiger charge is 2.07. The highest BCUT2D eigenvalue weighted by molar-refractivity contribution is 6.32. The maximum absolute atomic E-state index is 5.89. The lowest BCUT2D eigenvalue weighted by Gasteiger charge is -2.07. The third-order valence-corrected chi connectivity index (χ3v) is 2.93. The van der Waals surface area contributed by atoms with E-state index in [-0.39, 0.29) is 10.3 Å². The predicted octanol–water partition coefficient (Wildman–Crippen LogP) is 4.12. The topological polar surface area (TPSA) is 47.9 Å². The summed E-state index contributed by atoms with van der Waals surface area (Å²) in [4.78, 5) is 4.29. The second kappa shape index (κ2) is 4.99. The number of hydrogen-bond acceptors (Lipinski definition) is 4. The Hall–Kier alpha value is -1.91. The van der Waals surface area contributed by atoms with Crippen molar-refractivity contribution in [2.24, 2.45) is 0 Å². The number of benzene rings is 1. The Kier molecular flexibility index (Phi) is 3.19. The minimum atomic E-state index is 0.151. The van der Waals surface area contributed by atoms with E-state index in [0.717, 1.165) is 10.9 Å². The average molecular weight is 292 g/mol. The van der Waals surface area contributed by atoms with Gasteiger partial charge in [-0.05, 0) is 12.1 Å². The summed E-state index contributed by atoms with van der Waals surface area (Å²) >= 11 is 11.6. The van der Waals surface area contributed by atoms with Gasteiger partial charge in [-0.1, -0.05) is 41.4 Å². The Labute approximate surface area is 119 Å². The molecule has 2 aromatic heterocycles. The molecular formula is C13H7Cl2N3O. The fourth-order valence-corrected chi connectivity index (χ4v) is 1.91. The SMILES string of the molecule is Clc1cc(Oc2cnc3ccccc3c2)c(Cl)nn1. The number of ether oxygens (including phenoxy) is 1. The van der Waals surface area contributed by atoms with Crippen molar-refractivity contribution in [1.82, 2.24) is 15.2 Å². The van der Waals surface area contributed by atoms with Crippen LogP contribution in [0.25, 0.3) is 10.9 Å². The number of halogens is 2. The maximum Gasteiger partial charge on any atom is 0.194 e. The molecule has 0 saturated carbocycles. The molecule has 0 atom stereocenters. The van der Waals surface area contributed by atoms with Gasteiger partial charge in [0, 0.05) is 11.5 Å². The summed E-state index contributed by atoms with van der Waals surface area (Å²) in [6.07, 6.45) is 1.62. The first-order valence-corrected chi connectivity index (χ1v) is 6.19. The zero-order chi connectivity index (χ0) is 13.2. The van der Waals surface area contributed by atoms with Gasteiger partial charge in [0.2, 0.25) is 0 Å². The molecule has 0 bridgehead atoms. The van der Waals surface area contributed by atoms with Crippen LogP contribution in [0.4, 0.5) is 0 Å². The summed E-state index contributed by atoms with van der Waals surface area (Å²) < 4.78 is 5.62. The quantitative estimate of drug-likeness (QED) is 0.712. The van der Waals surface area contributed by atoms with Crippen molar-refractivity contribution in [1.29, 1.82) is 0 Å². The zero-order valence-electron chi connectivity index (χ0n) is 9.55. The summed E-state index contributed by atoms with van der Waals surface area (Å²) in [7, 11) is 0. The highest BCUT2D eigenvalue weighted by Crippen LogP contribution is 2.29. The molecule has 2 heterocycles. The lowest BCUT2D eigenvalue weighted by atomic mass is 10.2. The molecule has 4 nitrogen and oxygen atoms in total. The van der Waals surface area contributed by atoms with Gasteiger partial charge >= 0.3 is 0 Å². The van der Waals surface area contributed by atoms with Gasteiger partial charge < -0.3 is 4.74 Å². The third-order valence-electron chi connectivity index (χ3n) is 2.48. The Morgan fingerprint density at radius 3 is 2.74 bits per heavy atom. The number of hydrogen-bond donors (Lipinski definition) is 0. The van der Waals surface area contributed by atoms with Crippen LogP contribution in [0.1, 0.15) is 0 Å². The number of fused-ring (bicyclic) bond motifs is 1. The lowest BCUT2D eigenvalue weighted by molar-refractivity contribution is 0.477. The molecule has 6 heteroatoms. The number of para-hydroxylation sites is 1. The smallest absolute Gasteiger partial charge is 0.194 e. The summed E-state index contributed by atoms with van der Waals surface area (Å²) in [6.45, 7) is 0. The van der Waals surface area contributed by atoms with Crippen LogP contribution in [0.15, 0.2) is 42.6 Å². The average Bonchev–Trinajstić information content (AvgIpc) is 2.43. The van der Waals surface area contributed by atoms with Gasteiger partial charge in [0.25, 0.3) is 0 Å². The largest absolute Gasteiger partial charge is 0.452 e.